The van der Waals surface area contributed by atoms with Gasteiger partial charge in [-0.25, -0.2) is 0 Å². The van der Waals surface area contributed by atoms with Crippen LogP contribution in [-0.4, -0.2) is 35.0 Å². The molecule has 0 aromatic heterocycles. The summed E-state index contributed by atoms with van der Waals surface area (Å²) in [4.78, 5) is 23.0. The van der Waals surface area contributed by atoms with Gasteiger partial charge in [-0.3, -0.25) is 9.59 Å². The van der Waals surface area contributed by atoms with Crippen LogP contribution >= 0.6 is 11.8 Å². The van der Waals surface area contributed by atoms with Crippen molar-refractivity contribution >= 4 is 23.6 Å². The van der Waals surface area contributed by atoms with E-state index in [9.17, 15) is 9.59 Å². The Labute approximate surface area is 114 Å². The lowest BCUT2D eigenvalue weighted by Gasteiger charge is -2.19. The van der Waals surface area contributed by atoms with E-state index in [0.717, 1.165) is 11.5 Å². The predicted octanol–water partition coefficient (Wildman–Crippen LogP) is 2.37. The summed E-state index contributed by atoms with van der Waals surface area (Å²) < 4.78 is 5.13. The molecule has 106 valence electrons. The summed E-state index contributed by atoms with van der Waals surface area (Å²) in [6, 6.07) is 0.140. The molecule has 0 aliphatic rings. The summed E-state index contributed by atoms with van der Waals surface area (Å²) in [6.07, 6.45) is 0.326. The van der Waals surface area contributed by atoms with Crippen molar-refractivity contribution in [1.82, 2.24) is 5.32 Å². The standard InChI is InChI=1S/C13H25NO3S/c1-6-18-9-10(2)14-11(15)7-8-12(16)17-13(3,4)5/h10H,6-9H2,1-5H3,(H,14,15). The molecule has 0 spiro atoms. The van der Waals surface area contributed by atoms with Gasteiger partial charge in [0.1, 0.15) is 5.60 Å². The second-order valence-electron chi connectivity index (χ2n) is 5.21. The monoisotopic (exact) mass is 275 g/mol. The molecule has 0 saturated carbocycles. The third-order valence-corrected chi connectivity index (χ3v) is 3.10. The number of carbonyl (C=O) groups excluding carboxylic acids is 2. The first-order chi connectivity index (χ1) is 8.24. The third-order valence-electron chi connectivity index (χ3n) is 1.96. The molecule has 1 N–H and O–H groups in total. The van der Waals surface area contributed by atoms with Crippen molar-refractivity contribution in [2.75, 3.05) is 11.5 Å². The van der Waals surface area contributed by atoms with Gasteiger partial charge in [0.15, 0.2) is 0 Å². The van der Waals surface area contributed by atoms with Crippen molar-refractivity contribution in [2.45, 2.75) is 59.1 Å². The highest BCUT2D eigenvalue weighted by molar-refractivity contribution is 7.99. The molecule has 0 radical (unpaired) electrons. The van der Waals surface area contributed by atoms with Crippen molar-refractivity contribution in [2.24, 2.45) is 0 Å². The number of hydrogen-bond donors (Lipinski definition) is 1. The summed E-state index contributed by atoms with van der Waals surface area (Å²) >= 11 is 1.78. The van der Waals surface area contributed by atoms with Gasteiger partial charge in [0.25, 0.3) is 0 Å². The second kappa shape index (κ2) is 8.40. The zero-order valence-electron chi connectivity index (χ0n) is 12.0. The Morgan fingerprint density at radius 2 is 1.89 bits per heavy atom. The minimum atomic E-state index is -0.487. The highest BCUT2D eigenvalue weighted by atomic mass is 32.2. The zero-order chi connectivity index (χ0) is 14.2. The fraction of sp³-hybridized carbons (Fsp3) is 0.846. The minimum absolute atomic E-state index is 0.0925. The van der Waals surface area contributed by atoms with E-state index < -0.39 is 5.60 Å². The van der Waals surface area contributed by atoms with Crippen LogP contribution in [0, 0.1) is 0 Å². The average molecular weight is 275 g/mol. The summed E-state index contributed by atoms with van der Waals surface area (Å²) in [5.74, 6) is 1.52. The van der Waals surface area contributed by atoms with Crippen molar-refractivity contribution < 1.29 is 14.3 Å². The Hall–Kier alpha value is -0.710. The molecule has 0 bridgehead atoms. The Bertz CT molecular complexity index is 274. The number of amides is 1. The van der Waals surface area contributed by atoms with E-state index in [1.807, 2.05) is 27.7 Å². The molecular weight excluding hydrogens is 250 g/mol. The van der Waals surface area contributed by atoms with Gasteiger partial charge in [0, 0.05) is 18.2 Å². The molecule has 0 aromatic carbocycles. The summed E-state index contributed by atoms with van der Waals surface area (Å²) in [5, 5.41) is 2.87. The van der Waals surface area contributed by atoms with E-state index in [2.05, 4.69) is 12.2 Å². The van der Waals surface area contributed by atoms with E-state index in [1.54, 1.807) is 11.8 Å². The van der Waals surface area contributed by atoms with Crippen LogP contribution in [0.4, 0.5) is 0 Å². The van der Waals surface area contributed by atoms with E-state index in [4.69, 9.17) is 4.74 Å². The minimum Gasteiger partial charge on any atom is -0.460 e. The number of nitrogens with one attached hydrogen (secondary N) is 1. The number of carbonyl (C=O) groups is 2. The van der Waals surface area contributed by atoms with Gasteiger partial charge in [-0.2, -0.15) is 11.8 Å². The molecule has 4 nitrogen and oxygen atoms in total. The van der Waals surface area contributed by atoms with Gasteiger partial charge in [-0.15, -0.1) is 0 Å². The molecule has 1 atom stereocenters. The predicted molar refractivity (Wildman–Crippen MR) is 75.7 cm³/mol. The normalized spacial score (nSPS) is 12.9. The Morgan fingerprint density at radius 1 is 1.28 bits per heavy atom. The van der Waals surface area contributed by atoms with Crippen LogP contribution in [0.1, 0.15) is 47.5 Å². The Balaban J connectivity index is 3.79. The van der Waals surface area contributed by atoms with Crippen LogP contribution in [-0.2, 0) is 14.3 Å². The molecule has 0 aliphatic heterocycles. The van der Waals surface area contributed by atoms with E-state index in [-0.39, 0.29) is 30.8 Å². The van der Waals surface area contributed by atoms with Crippen LogP contribution in [0.3, 0.4) is 0 Å². The maximum Gasteiger partial charge on any atom is 0.306 e. The molecule has 1 unspecified atom stereocenters. The lowest BCUT2D eigenvalue weighted by atomic mass is 10.2. The smallest absolute Gasteiger partial charge is 0.306 e. The fourth-order valence-electron chi connectivity index (χ4n) is 1.29. The van der Waals surface area contributed by atoms with E-state index in [1.165, 1.54) is 0 Å². The number of thioether (sulfide) groups is 1. The Morgan fingerprint density at radius 3 is 2.39 bits per heavy atom. The first-order valence-electron chi connectivity index (χ1n) is 6.33. The van der Waals surface area contributed by atoms with Crippen LogP contribution in [0.15, 0.2) is 0 Å². The SMILES string of the molecule is CCSCC(C)NC(=O)CCC(=O)OC(C)(C)C. The molecular formula is C13H25NO3S. The molecule has 0 heterocycles. The molecule has 5 heteroatoms. The lowest BCUT2D eigenvalue weighted by Crippen LogP contribution is -2.34. The molecule has 0 aliphatic carbocycles. The van der Waals surface area contributed by atoms with Gasteiger partial charge in [-0.05, 0) is 33.4 Å². The van der Waals surface area contributed by atoms with Crippen molar-refractivity contribution in [1.29, 1.82) is 0 Å². The van der Waals surface area contributed by atoms with E-state index in [0.29, 0.717) is 0 Å². The van der Waals surface area contributed by atoms with Crippen molar-refractivity contribution in [3.8, 4) is 0 Å². The first-order valence-corrected chi connectivity index (χ1v) is 7.49. The summed E-state index contributed by atoms with van der Waals surface area (Å²) in [5.41, 5.74) is -0.487. The number of ether oxygens (including phenoxy) is 1. The van der Waals surface area contributed by atoms with Crippen molar-refractivity contribution in [3.05, 3.63) is 0 Å². The number of hydrogen-bond acceptors (Lipinski definition) is 4. The maximum absolute atomic E-state index is 11.6. The number of rotatable bonds is 7. The van der Waals surface area contributed by atoms with Gasteiger partial charge >= 0.3 is 5.97 Å². The second-order valence-corrected chi connectivity index (χ2v) is 6.53. The van der Waals surface area contributed by atoms with Crippen molar-refractivity contribution in [3.63, 3.8) is 0 Å². The van der Waals surface area contributed by atoms with Gasteiger partial charge < -0.3 is 10.1 Å². The topological polar surface area (TPSA) is 55.4 Å². The van der Waals surface area contributed by atoms with Crippen LogP contribution in [0.2, 0.25) is 0 Å². The molecule has 1 amide bonds. The van der Waals surface area contributed by atoms with Crippen LogP contribution in [0.25, 0.3) is 0 Å². The molecule has 0 fully saturated rings. The largest absolute Gasteiger partial charge is 0.460 e. The average Bonchev–Trinajstić information content (AvgIpc) is 2.21. The molecule has 18 heavy (non-hydrogen) atoms. The quantitative estimate of drug-likeness (QED) is 0.725. The zero-order valence-corrected chi connectivity index (χ0v) is 12.9. The maximum atomic E-state index is 11.6. The van der Waals surface area contributed by atoms with E-state index >= 15 is 0 Å². The first kappa shape index (κ1) is 17.3. The van der Waals surface area contributed by atoms with Crippen LogP contribution in [0.5, 0.6) is 0 Å². The molecule has 0 rings (SSSR count). The molecule has 0 saturated heterocycles. The van der Waals surface area contributed by atoms with Gasteiger partial charge in [-0.1, -0.05) is 6.92 Å². The number of esters is 1. The lowest BCUT2D eigenvalue weighted by molar-refractivity contribution is -0.155. The molecule has 0 aromatic rings. The highest BCUT2D eigenvalue weighted by Gasteiger charge is 2.17. The fourth-order valence-corrected chi connectivity index (χ4v) is 1.96. The third kappa shape index (κ3) is 10.4. The summed E-state index contributed by atoms with van der Waals surface area (Å²) in [6.45, 7) is 9.49. The van der Waals surface area contributed by atoms with Gasteiger partial charge in [0.05, 0.1) is 6.42 Å². The van der Waals surface area contributed by atoms with Crippen LogP contribution < -0.4 is 5.32 Å². The highest BCUT2D eigenvalue weighted by Crippen LogP contribution is 2.09. The van der Waals surface area contributed by atoms with Gasteiger partial charge in [0.2, 0.25) is 5.91 Å². The summed E-state index contributed by atoms with van der Waals surface area (Å²) in [7, 11) is 0. The Kier molecular flexibility index (Phi) is 8.07.